The van der Waals surface area contributed by atoms with Crippen molar-refractivity contribution in [2.24, 2.45) is 0 Å². The third kappa shape index (κ3) is 5.31. The lowest BCUT2D eigenvalue weighted by Crippen LogP contribution is -2.22. The second-order valence-electron chi connectivity index (χ2n) is 3.84. The summed E-state index contributed by atoms with van der Waals surface area (Å²) in [5.74, 6) is 0.0516. The minimum absolute atomic E-state index is 0.0203. The first-order valence-electron chi connectivity index (χ1n) is 5.30. The maximum Gasteiger partial charge on any atom is 0.441 e. The zero-order valence-electron chi connectivity index (χ0n) is 10.0. The second kappa shape index (κ2) is 6.11. The van der Waals surface area contributed by atoms with E-state index in [9.17, 15) is 13.2 Å². The minimum atomic E-state index is -4.13. The molecule has 0 amide bonds. The van der Waals surface area contributed by atoms with Crippen molar-refractivity contribution in [3.63, 3.8) is 0 Å². The van der Waals surface area contributed by atoms with Crippen molar-refractivity contribution in [2.75, 3.05) is 12.3 Å². The molecule has 0 aromatic carbocycles. The van der Waals surface area contributed by atoms with Gasteiger partial charge in [-0.3, -0.25) is 0 Å². The molecule has 1 rings (SSSR count). The Bertz CT molecular complexity index is 360. The number of hydrogen-bond acceptors (Lipinski definition) is 3. The van der Waals surface area contributed by atoms with Gasteiger partial charge in [-0.1, -0.05) is 0 Å². The molecule has 1 aromatic rings. The predicted octanol–water partition coefficient (Wildman–Crippen LogP) is 4.27. The molecule has 0 saturated carbocycles. The summed E-state index contributed by atoms with van der Waals surface area (Å²) >= 11 is 1.74. The number of alkyl halides is 3. The van der Waals surface area contributed by atoms with Crippen LogP contribution in [0.4, 0.5) is 13.2 Å². The van der Waals surface area contributed by atoms with Crippen LogP contribution in [0.5, 0.6) is 0 Å². The van der Waals surface area contributed by atoms with Gasteiger partial charge in [0.1, 0.15) is 0 Å². The average molecular weight is 283 g/mol. The van der Waals surface area contributed by atoms with Crippen LogP contribution in [0.25, 0.3) is 0 Å². The molecule has 1 heterocycles. The molecule has 1 atom stereocenters. The van der Waals surface area contributed by atoms with Gasteiger partial charge in [0.25, 0.3) is 0 Å². The fourth-order valence-electron chi connectivity index (χ4n) is 1.63. The number of halogens is 3. The van der Waals surface area contributed by atoms with E-state index in [2.05, 4.69) is 11.4 Å². The third-order valence-electron chi connectivity index (χ3n) is 2.36. The molecule has 0 radical (unpaired) electrons. The predicted molar refractivity (Wildman–Crippen MR) is 68.7 cm³/mol. The van der Waals surface area contributed by atoms with Gasteiger partial charge in [-0.25, -0.2) is 0 Å². The van der Waals surface area contributed by atoms with Crippen LogP contribution in [0.15, 0.2) is 6.07 Å². The first kappa shape index (κ1) is 14.9. The summed E-state index contributed by atoms with van der Waals surface area (Å²) in [6.07, 6.45) is 0. The summed E-state index contributed by atoms with van der Waals surface area (Å²) in [6, 6.07) is 2.20. The van der Waals surface area contributed by atoms with Crippen molar-refractivity contribution < 1.29 is 13.2 Å². The van der Waals surface area contributed by atoms with Gasteiger partial charge >= 0.3 is 5.51 Å². The van der Waals surface area contributed by atoms with E-state index in [1.54, 1.807) is 11.3 Å². The van der Waals surface area contributed by atoms with E-state index in [1.165, 1.54) is 15.3 Å². The van der Waals surface area contributed by atoms with E-state index in [4.69, 9.17) is 0 Å². The third-order valence-corrected chi connectivity index (χ3v) is 4.08. The Labute approximate surface area is 108 Å². The van der Waals surface area contributed by atoms with Gasteiger partial charge in [0.15, 0.2) is 0 Å². The summed E-state index contributed by atoms with van der Waals surface area (Å²) in [7, 11) is 0. The Balaban J connectivity index is 2.35. The van der Waals surface area contributed by atoms with Crippen LogP contribution in [0.2, 0.25) is 0 Å². The fourth-order valence-corrected chi connectivity index (χ4v) is 3.11. The Hall–Kier alpha value is -0.200. The van der Waals surface area contributed by atoms with Gasteiger partial charge in [-0.2, -0.15) is 13.2 Å². The highest BCUT2D eigenvalue weighted by Gasteiger charge is 2.27. The molecule has 0 saturated heterocycles. The molecule has 1 unspecified atom stereocenters. The number of rotatable bonds is 5. The van der Waals surface area contributed by atoms with Crippen molar-refractivity contribution in [1.82, 2.24) is 5.32 Å². The van der Waals surface area contributed by atoms with Crippen molar-refractivity contribution in [3.05, 3.63) is 21.4 Å². The molecule has 1 N–H and O–H groups in total. The number of thioether (sulfide) groups is 1. The largest absolute Gasteiger partial charge is 0.441 e. The van der Waals surface area contributed by atoms with Crippen LogP contribution >= 0.6 is 23.1 Å². The second-order valence-corrected chi connectivity index (χ2v) is 6.46. The van der Waals surface area contributed by atoms with Crippen LogP contribution in [0, 0.1) is 13.8 Å². The smallest absolute Gasteiger partial charge is 0.309 e. The molecule has 0 fully saturated rings. The van der Waals surface area contributed by atoms with Gasteiger partial charge in [0.05, 0.1) is 0 Å². The average Bonchev–Trinajstić information content (AvgIpc) is 2.51. The number of aryl methyl sites for hydroxylation is 2. The highest BCUT2D eigenvalue weighted by molar-refractivity contribution is 8.00. The molecule has 0 aliphatic heterocycles. The molecule has 17 heavy (non-hydrogen) atoms. The fraction of sp³-hybridized carbons (Fsp3) is 0.636. The highest BCUT2D eigenvalue weighted by Crippen LogP contribution is 2.30. The Morgan fingerprint density at radius 1 is 1.41 bits per heavy atom. The maximum atomic E-state index is 11.9. The molecule has 98 valence electrons. The molecule has 6 heteroatoms. The van der Waals surface area contributed by atoms with Crippen LogP contribution in [0.1, 0.15) is 28.3 Å². The number of hydrogen-bond donors (Lipinski definition) is 1. The molecule has 0 aliphatic carbocycles. The Morgan fingerprint density at radius 3 is 2.53 bits per heavy atom. The molecule has 0 aliphatic rings. The van der Waals surface area contributed by atoms with Crippen molar-refractivity contribution in [1.29, 1.82) is 0 Å². The normalized spacial score (nSPS) is 14.0. The lowest BCUT2D eigenvalue weighted by atomic mass is 10.1. The summed E-state index contributed by atoms with van der Waals surface area (Å²) in [5.41, 5.74) is -2.94. The summed E-state index contributed by atoms with van der Waals surface area (Å²) in [4.78, 5) is 2.46. The van der Waals surface area contributed by atoms with Gasteiger partial charge in [-0.05, 0) is 44.2 Å². The van der Waals surface area contributed by atoms with E-state index < -0.39 is 5.51 Å². The van der Waals surface area contributed by atoms with E-state index in [1.807, 2.05) is 20.8 Å². The summed E-state index contributed by atoms with van der Waals surface area (Å²) < 4.78 is 35.7. The molecule has 1 nitrogen and oxygen atoms in total. The molecule has 0 bridgehead atoms. The van der Waals surface area contributed by atoms with Crippen LogP contribution in [-0.4, -0.2) is 17.8 Å². The molecule has 0 spiro atoms. The van der Waals surface area contributed by atoms with E-state index >= 15 is 0 Å². The van der Waals surface area contributed by atoms with E-state index in [-0.39, 0.29) is 23.6 Å². The topological polar surface area (TPSA) is 12.0 Å². The maximum absolute atomic E-state index is 11.9. The van der Waals surface area contributed by atoms with Crippen LogP contribution in [-0.2, 0) is 0 Å². The monoisotopic (exact) mass is 283 g/mol. The Morgan fingerprint density at radius 2 is 2.06 bits per heavy atom. The summed E-state index contributed by atoms with van der Waals surface area (Å²) in [6.45, 7) is 6.41. The Kier molecular flexibility index (Phi) is 5.34. The quantitative estimate of drug-likeness (QED) is 0.810. The zero-order valence-corrected chi connectivity index (χ0v) is 11.7. The zero-order chi connectivity index (χ0) is 13.1. The standard InChI is InChI=1S/C11H16F3NS2/c1-7-6-10(9(3)17-7)8(2)15-4-5-16-11(12,13)14/h6,8,15H,4-5H2,1-3H3. The number of thiophene rings is 1. The highest BCUT2D eigenvalue weighted by atomic mass is 32.2. The van der Waals surface area contributed by atoms with Gasteiger partial charge in [0, 0.05) is 28.1 Å². The van der Waals surface area contributed by atoms with Gasteiger partial charge < -0.3 is 5.32 Å². The number of nitrogens with one attached hydrogen (secondary N) is 1. The SMILES string of the molecule is Cc1cc(C(C)NCCSC(F)(F)F)c(C)s1. The lowest BCUT2D eigenvalue weighted by Gasteiger charge is -2.14. The molecule has 1 aromatic heterocycles. The first-order valence-corrected chi connectivity index (χ1v) is 7.11. The summed E-state index contributed by atoms with van der Waals surface area (Å²) in [5, 5.41) is 3.11. The van der Waals surface area contributed by atoms with E-state index in [0.29, 0.717) is 6.54 Å². The minimum Gasteiger partial charge on any atom is -0.309 e. The van der Waals surface area contributed by atoms with Crippen LogP contribution < -0.4 is 5.32 Å². The van der Waals surface area contributed by atoms with Crippen LogP contribution in [0.3, 0.4) is 0 Å². The molecular weight excluding hydrogens is 267 g/mol. The van der Waals surface area contributed by atoms with Gasteiger partial charge in [0.2, 0.25) is 0 Å². The van der Waals surface area contributed by atoms with Gasteiger partial charge in [-0.15, -0.1) is 11.3 Å². The molecular formula is C11H16F3NS2. The van der Waals surface area contributed by atoms with Crippen molar-refractivity contribution >= 4 is 23.1 Å². The van der Waals surface area contributed by atoms with E-state index in [0.717, 1.165) is 0 Å². The lowest BCUT2D eigenvalue weighted by molar-refractivity contribution is -0.0327. The first-order chi connectivity index (χ1) is 7.79. The van der Waals surface area contributed by atoms with Crippen molar-refractivity contribution in [2.45, 2.75) is 32.3 Å². The van der Waals surface area contributed by atoms with Crippen molar-refractivity contribution in [3.8, 4) is 0 Å².